The Hall–Kier alpha value is -2.01. The van der Waals surface area contributed by atoms with Crippen molar-refractivity contribution in [3.63, 3.8) is 0 Å². The molecule has 3 N–H and O–H groups in total. The van der Waals surface area contributed by atoms with E-state index < -0.39 is 5.54 Å². The fourth-order valence-corrected chi connectivity index (χ4v) is 3.54. The molecular weight excluding hydrogens is 323 g/mol. The monoisotopic (exact) mass is 332 g/mol. The first-order valence-electron chi connectivity index (χ1n) is 6.58. The van der Waals surface area contributed by atoms with Gasteiger partial charge in [-0.25, -0.2) is 0 Å². The van der Waals surface area contributed by atoms with Gasteiger partial charge in [0.1, 0.15) is 5.58 Å². The predicted octanol–water partition coefficient (Wildman–Crippen LogP) is 3.89. The van der Waals surface area contributed by atoms with Gasteiger partial charge in [0.25, 0.3) is 5.91 Å². The molecule has 1 atom stereocenters. The molecule has 4 rings (SSSR count). The number of nitrogens with two attached hydrogens (primary N) is 1. The first-order chi connectivity index (χ1) is 10.5. The first-order valence-corrected chi connectivity index (χ1v) is 7.33. The molecule has 110 valence electrons. The van der Waals surface area contributed by atoms with Crippen LogP contribution in [0.3, 0.4) is 0 Å². The predicted molar refractivity (Wildman–Crippen MR) is 86.3 cm³/mol. The fourth-order valence-electron chi connectivity index (χ4n) is 2.89. The smallest absolute Gasteiger partial charge is 0.253 e. The van der Waals surface area contributed by atoms with Crippen molar-refractivity contribution in [1.29, 1.82) is 0 Å². The van der Waals surface area contributed by atoms with Gasteiger partial charge < -0.3 is 15.5 Å². The van der Waals surface area contributed by atoms with Gasteiger partial charge in [-0.05, 0) is 35.9 Å². The number of carbonyl (C=O) groups excluding carboxylic acids is 1. The Morgan fingerprint density at radius 3 is 2.77 bits per heavy atom. The molecule has 1 aliphatic rings. The van der Waals surface area contributed by atoms with Crippen LogP contribution in [0.1, 0.15) is 11.1 Å². The average molecular weight is 333 g/mol. The van der Waals surface area contributed by atoms with Gasteiger partial charge >= 0.3 is 0 Å². The minimum atomic E-state index is -1.36. The van der Waals surface area contributed by atoms with Crippen LogP contribution < -0.4 is 11.1 Å². The van der Waals surface area contributed by atoms with Crippen LogP contribution >= 0.6 is 23.2 Å². The number of carbonyl (C=O) groups is 1. The highest BCUT2D eigenvalue weighted by Crippen LogP contribution is 2.44. The number of halogens is 2. The van der Waals surface area contributed by atoms with E-state index in [1.165, 1.54) is 0 Å². The quantitative estimate of drug-likeness (QED) is 0.710. The molecule has 4 nitrogen and oxygen atoms in total. The Morgan fingerprint density at radius 2 is 1.95 bits per heavy atom. The molecular formula is C16H10Cl2N2O2. The van der Waals surface area contributed by atoms with Gasteiger partial charge in [-0.1, -0.05) is 29.3 Å². The minimum Gasteiger partial charge on any atom is -0.464 e. The van der Waals surface area contributed by atoms with Crippen molar-refractivity contribution in [3.8, 4) is 0 Å². The SMILES string of the molecule is NC1(c2ccc3occc3c2)C(=O)Nc2cc(Cl)cc(Cl)c21. The number of nitrogens with one attached hydrogen (secondary N) is 1. The third-order valence-electron chi connectivity index (χ3n) is 3.96. The maximum atomic E-state index is 12.5. The summed E-state index contributed by atoms with van der Waals surface area (Å²) in [5, 5.41) is 4.42. The van der Waals surface area contributed by atoms with E-state index in [0.29, 0.717) is 26.9 Å². The van der Waals surface area contributed by atoms with Gasteiger partial charge in [0.15, 0.2) is 5.54 Å². The molecule has 0 spiro atoms. The molecule has 1 aliphatic heterocycles. The summed E-state index contributed by atoms with van der Waals surface area (Å²) in [6.45, 7) is 0. The second kappa shape index (κ2) is 4.49. The lowest BCUT2D eigenvalue weighted by Crippen LogP contribution is -2.44. The highest BCUT2D eigenvalue weighted by atomic mass is 35.5. The molecule has 0 radical (unpaired) electrons. The summed E-state index contributed by atoms with van der Waals surface area (Å²) in [7, 11) is 0. The second-order valence-corrected chi connectivity index (χ2v) is 6.09. The third kappa shape index (κ3) is 1.72. The first kappa shape index (κ1) is 13.6. The van der Waals surface area contributed by atoms with Gasteiger partial charge in [0.05, 0.1) is 11.3 Å². The second-order valence-electron chi connectivity index (χ2n) is 5.25. The van der Waals surface area contributed by atoms with E-state index >= 15 is 0 Å². The van der Waals surface area contributed by atoms with Crippen LogP contribution in [0.2, 0.25) is 10.0 Å². The lowest BCUT2D eigenvalue weighted by atomic mass is 9.84. The Morgan fingerprint density at radius 1 is 1.14 bits per heavy atom. The summed E-state index contributed by atoms with van der Waals surface area (Å²) in [6, 6.07) is 10.4. The van der Waals surface area contributed by atoms with Crippen molar-refractivity contribution >= 4 is 45.8 Å². The third-order valence-corrected chi connectivity index (χ3v) is 4.48. The zero-order valence-corrected chi connectivity index (χ0v) is 12.7. The van der Waals surface area contributed by atoms with E-state index in [1.54, 1.807) is 30.5 Å². The molecule has 1 amide bonds. The zero-order chi connectivity index (χ0) is 15.5. The standard InChI is InChI=1S/C16H10Cl2N2O2/c17-10-6-11(18)14-12(7-10)20-15(21)16(14,19)9-1-2-13-8(5-9)3-4-22-13/h1-7H,19H2,(H,20,21). The normalized spacial score (nSPS) is 20.2. The summed E-state index contributed by atoms with van der Waals surface area (Å²) in [5.41, 5.74) is 7.56. The van der Waals surface area contributed by atoms with E-state index in [9.17, 15) is 4.79 Å². The number of furan rings is 1. The molecule has 1 unspecified atom stereocenters. The minimum absolute atomic E-state index is 0.338. The molecule has 0 bridgehead atoms. The number of amides is 1. The zero-order valence-electron chi connectivity index (χ0n) is 11.2. The van der Waals surface area contributed by atoms with Crippen molar-refractivity contribution in [2.24, 2.45) is 5.73 Å². The van der Waals surface area contributed by atoms with Crippen molar-refractivity contribution < 1.29 is 9.21 Å². The number of hydrogen-bond donors (Lipinski definition) is 2. The van der Waals surface area contributed by atoms with Crippen molar-refractivity contribution in [1.82, 2.24) is 0 Å². The lowest BCUT2D eigenvalue weighted by molar-refractivity contribution is -0.119. The van der Waals surface area contributed by atoms with Gasteiger partial charge in [0.2, 0.25) is 0 Å². The van der Waals surface area contributed by atoms with E-state index in [1.807, 2.05) is 12.1 Å². The van der Waals surface area contributed by atoms with Gasteiger partial charge in [-0.3, -0.25) is 4.79 Å². The molecule has 22 heavy (non-hydrogen) atoms. The highest BCUT2D eigenvalue weighted by Gasteiger charge is 2.47. The van der Waals surface area contributed by atoms with E-state index in [4.69, 9.17) is 33.4 Å². The van der Waals surface area contributed by atoms with Gasteiger partial charge in [0, 0.05) is 21.7 Å². The highest BCUT2D eigenvalue weighted by molar-refractivity contribution is 6.37. The van der Waals surface area contributed by atoms with Crippen LogP contribution in [-0.4, -0.2) is 5.91 Å². The molecule has 0 saturated carbocycles. The largest absolute Gasteiger partial charge is 0.464 e. The van der Waals surface area contributed by atoms with E-state index in [-0.39, 0.29) is 5.91 Å². The lowest BCUT2D eigenvalue weighted by Gasteiger charge is -2.23. The molecule has 1 aromatic heterocycles. The van der Waals surface area contributed by atoms with Crippen molar-refractivity contribution in [3.05, 3.63) is 63.8 Å². The molecule has 0 saturated heterocycles. The Balaban J connectivity index is 1.99. The summed E-state index contributed by atoms with van der Waals surface area (Å²) >= 11 is 12.3. The van der Waals surface area contributed by atoms with E-state index in [0.717, 1.165) is 11.0 Å². The number of rotatable bonds is 1. The molecule has 0 aliphatic carbocycles. The van der Waals surface area contributed by atoms with Crippen LogP contribution in [0.25, 0.3) is 11.0 Å². The van der Waals surface area contributed by atoms with Crippen LogP contribution in [0.5, 0.6) is 0 Å². The van der Waals surface area contributed by atoms with E-state index in [2.05, 4.69) is 5.32 Å². The van der Waals surface area contributed by atoms with Gasteiger partial charge in [-0.2, -0.15) is 0 Å². The van der Waals surface area contributed by atoms with Crippen LogP contribution in [-0.2, 0) is 10.3 Å². The maximum absolute atomic E-state index is 12.5. The van der Waals surface area contributed by atoms with Gasteiger partial charge in [-0.15, -0.1) is 0 Å². The summed E-state index contributed by atoms with van der Waals surface area (Å²) in [6.07, 6.45) is 1.59. The summed E-state index contributed by atoms with van der Waals surface area (Å²) in [4.78, 5) is 12.5. The van der Waals surface area contributed by atoms with Crippen LogP contribution in [0, 0.1) is 0 Å². The topological polar surface area (TPSA) is 68.3 Å². The number of benzene rings is 2. The molecule has 2 heterocycles. The van der Waals surface area contributed by atoms with Crippen molar-refractivity contribution in [2.75, 3.05) is 5.32 Å². The Kier molecular flexibility index (Phi) is 2.78. The Labute approximate surface area is 135 Å². The average Bonchev–Trinajstić information content (AvgIpc) is 3.01. The Bertz CT molecular complexity index is 935. The summed E-state index contributed by atoms with van der Waals surface area (Å²) < 4.78 is 5.32. The number of fused-ring (bicyclic) bond motifs is 2. The molecule has 6 heteroatoms. The summed E-state index contributed by atoms with van der Waals surface area (Å²) in [5.74, 6) is -0.338. The van der Waals surface area contributed by atoms with Crippen LogP contribution in [0.4, 0.5) is 5.69 Å². The fraction of sp³-hybridized carbons (Fsp3) is 0.0625. The molecule has 3 aromatic rings. The number of anilines is 1. The van der Waals surface area contributed by atoms with Crippen molar-refractivity contribution in [2.45, 2.75) is 5.54 Å². The van der Waals surface area contributed by atoms with Crippen LogP contribution in [0.15, 0.2) is 47.1 Å². The molecule has 0 fully saturated rings. The number of hydrogen-bond acceptors (Lipinski definition) is 3. The molecule has 2 aromatic carbocycles. The maximum Gasteiger partial charge on any atom is 0.253 e.